The summed E-state index contributed by atoms with van der Waals surface area (Å²) < 4.78 is 0. The summed E-state index contributed by atoms with van der Waals surface area (Å²) in [5, 5.41) is 8.82. The molecule has 19 heavy (non-hydrogen) atoms. The van der Waals surface area contributed by atoms with Crippen LogP contribution in [-0.4, -0.2) is 23.3 Å². The standard InChI is InChI=1S/C16H16O3/c17-8-2-5-12-3-1-4-13(9-12)10-14-11-15(18)6-7-16(14)19/h1,3-4,6-7,9,11,17H,2,5,8,10H2. The Kier molecular flexibility index (Phi) is 4.42. The van der Waals surface area contributed by atoms with E-state index < -0.39 is 0 Å². The molecule has 0 saturated carbocycles. The van der Waals surface area contributed by atoms with Crippen LogP contribution < -0.4 is 0 Å². The SMILES string of the molecule is O=C1C=CC(=O)C(Cc2cccc(CCCO)c2)=C1. The molecule has 0 aromatic heterocycles. The minimum absolute atomic E-state index is 0.0969. The second kappa shape index (κ2) is 6.25. The van der Waals surface area contributed by atoms with E-state index in [1.165, 1.54) is 18.2 Å². The van der Waals surface area contributed by atoms with Gasteiger partial charge in [-0.05, 0) is 42.2 Å². The summed E-state index contributed by atoms with van der Waals surface area (Å²) in [5.74, 6) is -0.230. The summed E-state index contributed by atoms with van der Waals surface area (Å²) in [6, 6.07) is 7.90. The second-order valence-electron chi connectivity index (χ2n) is 4.59. The van der Waals surface area contributed by atoms with E-state index in [0.717, 1.165) is 24.0 Å². The third-order valence-electron chi connectivity index (χ3n) is 3.04. The Balaban J connectivity index is 2.10. The Morgan fingerprint density at radius 3 is 2.63 bits per heavy atom. The number of aliphatic hydroxyl groups excluding tert-OH is 1. The van der Waals surface area contributed by atoms with Gasteiger partial charge in [0.25, 0.3) is 0 Å². The summed E-state index contributed by atoms with van der Waals surface area (Å²) in [6.07, 6.45) is 6.05. The van der Waals surface area contributed by atoms with Crippen LogP contribution in [0.1, 0.15) is 17.5 Å². The highest BCUT2D eigenvalue weighted by Crippen LogP contribution is 2.15. The Morgan fingerprint density at radius 2 is 1.84 bits per heavy atom. The van der Waals surface area contributed by atoms with E-state index >= 15 is 0 Å². The molecule has 0 heterocycles. The minimum Gasteiger partial charge on any atom is -0.396 e. The Bertz CT molecular complexity index is 553. The molecule has 0 unspecified atom stereocenters. The molecule has 0 spiro atoms. The van der Waals surface area contributed by atoms with Crippen molar-refractivity contribution in [3.05, 3.63) is 59.2 Å². The van der Waals surface area contributed by atoms with Crippen LogP contribution in [0.15, 0.2) is 48.1 Å². The molecule has 98 valence electrons. The lowest BCUT2D eigenvalue weighted by Crippen LogP contribution is -2.09. The fourth-order valence-electron chi connectivity index (χ4n) is 2.09. The number of ketones is 2. The van der Waals surface area contributed by atoms with Gasteiger partial charge in [-0.2, -0.15) is 0 Å². The van der Waals surface area contributed by atoms with Crippen molar-refractivity contribution in [2.75, 3.05) is 6.61 Å². The lowest BCUT2D eigenvalue weighted by Gasteiger charge is -2.08. The number of hydrogen-bond donors (Lipinski definition) is 1. The smallest absolute Gasteiger partial charge is 0.182 e. The van der Waals surface area contributed by atoms with Gasteiger partial charge in [0.1, 0.15) is 0 Å². The fourth-order valence-corrected chi connectivity index (χ4v) is 2.09. The molecule has 1 N–H and O–H groups in total. The summed E-state index contributed by atoms with van der Waals surface area (Å²) in [6.45, 7) is 0.174. The van der Waals surface area contributed by atoms with Crippen LogP contribution in [0.4, 0.5) is 0 Å². The van der Waals surface area contributed by atoms with Crippen molar-refractivity contribution in [2.24, 2.45) is 0 Å². The van der Waals surface area contributed by atoms with Crippen molar-refractivity contribution in [1.29, 1.82) is 0 Å². The predicted molar refractivity (Wildman–Crippen MR) is 72.8 cm³/mol. The van der Waals surface area contributed by atoms with Crippen molar-refractivity contribution < 1.29 is 14.7 Å². The van der Waals surface area contributed by atoms with E-state index in [2.05, 4.69) is 0 Å². The van der Waals surface area contributed by atoms with Gasteiger partial charge < -0.3 is 5.11 Å². The molecule has 3 nitrogen and oxygen atoms in total. The van der Waals surface area contributed by atoms with E-state index in [1.807, 2.05) is 24.3 Å². The molecule has 2 rings (SSSR count). The number of rotatable bonds is 5. The third-order valence-corrected chi connectivity index (χ3v) is 3.04. The van der Waals surface area contributed by atoms with E-state index in [0.29, 0.717) is 12.0 Å². The lowest BCUT2D eigenvalue weighted by molar-refractivity contribution is -0.114. The molecule has 1 aliphatic rings. The number of aliphatic hydroxyl groups is 1. The van der Waals surface area contributed by atoms with Gasteiger partial charge in [-0.1, -0.05) is 24.3 Å². The zero-order chi connectivity index (χ0) is 13.7. The number of benzene rings is 1. The first-order chi connectivity index (χ1) is 9.19. The molecule has 1 aromatic carbocycles. The van der Waals surface area contributed by atoms with Crippen LogP contribution in [0.3, 0.4) is 0 Å². The molecule has 1 aliphatic carbocycles. The molecule has 3 heteroatoms. The van der Waals surface area contributed by atoms with Crippen LogP contribution in [0, 0.1) is 0 Å². The maximum Gasteiger partial charge on any atom is 0.182 e. The zero-order valence-corrected chi connectivity index (χ0v) is 10.6. The Labute approximate surface area is 112 Å². The van der Waals surface area contributed by atoms with Crippen LogP contribution in [-0.2, 0) is 22.4 Å². The quantitative estimate of drug-likeness (QED) is 0.817. The summed E-state index contributed by atoms with van der Waals surface area (Å²) in [7, 11) is 0. The van der Waals surface area contributed by atoms with Gasteiger partial charge in [-0.25, -0.2) is 0 Å². The number of carbonyl (C=O) groups is 2. The van der Waals surface area contributed by atoms with Crippen molar-refractivity contribution >= 4 is 11.6 Å². The highest BCUT2D eigenvalue weighted by atomic mass is 16.2. The van der Waals surface area contributed by atoms with Crippen LogP contribution >= 0.6 is 0 Å². The minimum atomic E-state index is -0.133. The molecule has 0 radical (unpaired) electrons. The topological polar surface area (TPSA) is 54.4 Å². The largest absolute Gasteiger partial charge is 0.396 e. The van der Waals surface area contributed by atoms with Crippen LogP contribution in [0.5, 0.6) is 0 Å². The van der Waals surface area contributed by atoms with Gasteiger partial charge in [0.15, 0.2) is 11.6 Å². The van der Waals surface area contributed by atoms with Gasteiger partial charge in [0.05, 0.1) is 0 Å². The Morgan fingerprint density at radius 1 is 1.05 bits per heavy atom. The molecule has 1 aromatic rings. The predicted octanol–water partition coefficient (Wildman–Crippen LogP) is 1.79. The molecule has 0 fully saturated rings. The molecule has 0 amide bonds. The maximum absolute atomic E-state index is 11.7. The molecular weight excluding hydrogens is 240 g/mol. The molecule has 0 bridgehead atoms. The molecule has 0 atom stereocenters. The highest BCUT2D eigenvalue weighted by Gasteiger charge is 2.13. The molecule has 0 aliphatic heterocycles. The maximum atomic E-state index is 11.7. The first-order valence-electron chi connectivity index (χ1n) is 6.34. The average Bonchev–Trinajstić information content (AvgIpc) is 2.41. The Hall–Kier alpha value is -2.00. The average molecular weight is 256 g/mol. The summed E-state index contributed by atoms with van der Waals surface area (Å²) in [5.41, 5.74) is 2.68. The van der Waals surface area contributed by atoms with E-state index in [4.69, 9.17) is 5.11 Å². The number of allylic oxidation sites excluding steroid dienone is 4. The van der Waals surface area contributed by atoms with Crippen molar-refractivity contribution in [3.63, 3.8) is 0 Å². The van der Waals surface area contributed by atoms with Gasteiger partial charge in [0.2, 0.25) is 0 Å². The van der Waals surface area contributed by atoms with Gasteiger partial charge in [-0.3, -0.25) is 9.59 Å². The third kappa shape index (κ3) is 3.73. The van der Waals surface area contributed by atoms with Gasteiger partial charge in [0, 0.05) is 18.6 Å². The molecule has 0 saturated heterocycles. The summed E-state index contributed by atoms with van der Waals surface area (Å²) in [4.78, 5) is 22.9. The van der Waals surface area contributed by atoms with Crippen molar-refractivity contribution in [1.82, 2.24) is 0 Å². The van der Waals surface area contributed by atoms with Gasteiger partial charge in [-0.15, -0.1) is 0 Å². The highest BCUT2D eigenvalue weighted by molar-refractivity contribution is 6.17. The number of hydrogen-bond acceptors (Lipinski definition) is 3. The normalized spacial score (nSPS) is 14.7. The first kappa shape index (κ1) is 13.4. The van der Waals surface area contributed by atoms with E-state index in [9.17, 15) is 9.59 Å². The van der Waals surface area contributed by atoms with Crippen LogP contribution in [0.2, 0.25) is 0 Å². The first-order valence-corrected chi connectivity index (χ1v) is 6.34. The second-order valence-corrected chi connectivity index (χ2v) is 4.59. The van der Waals surface area contributed by atoms with E-state index in [-0.39, 0.29) is 18.2 Å². The number of carbonyl (C=O) groups excluding carboxylic acids is 2. The fraction of sp³-hybridized carbons (Fsp3) is 0.250. The lowest BCUT2D eigenvalue weighted by atomic mass is 9.95. The van der Waals surface area contributed by atoms with Crippen molar-refractivity contribution in [3.8, 4) is 0 Å². The zero-order valence-electron chi connectivity index (χ0n) is 10.6. The van der Waals surface area contributed by atoms with E-state index in [1.54, 1.807) is 0 Å². The molecular formula is C16H16O3. The van der Waals surface area contributed by atoms with Gasteiger partial charge >= 0.3 is 0 Å². The monoisotopic (exact) mass is 256 g/mol. The van der Waals surface area contributed by atoms with Crippen LogP contribution in [0.25, 0.3) is 0 Å². The summed E-state index contributed by atoms with van der Waals surface area (Å²) >= 11 is 0. The number of aryl methyl sites for hydroxylation is 1. The van der Waals surface area contributed by atoms with Crippen molar-refractivity contribution in [2.45, 2.75) is 19.3 Å².